The first-order valence-corrected chi connectivity index (χ1v) is 9.57. The Hall–Kier alpha value is 0.763. The number of hydrogen-bond donors (Lipinski definition) is 0. The molecule has 0 aliphatic carbocycles. The molecule has 0 atom stereocenters. The average Bonchev–Trinajstić information content (AvgIpc) is 1.88. The van der Waals surface area contributed by atoms with Gasteiger partial charge in [0.2, 0.25) is 0 Å². The van der Waals surface area contributed by atoms with E-state index < -0.39 is 21.6 Å². The van der Waals surface area contributed by atoms with E-state index >= 15 is 0 Å². The van der Waals surface area contributed by atoms with Crippen LogP contribution in [-0.2, 0) is 30.0 Å². The zero-order chi connectivity index (χ0) is 8.74. The van der Waals surface area contributed by atoms with Gasteiger partial charge in [-0.25, -0.2) is 0 Å². The third-order valence-corrected chi connectivity index (χ3v) is 7.22. The molecule has 0 fully saturated rings. The molecular formula is C7H18O3Zr. The molecule has 0 aliphatic heterocycles. The Morgan fingerprint density at radius 3 is 1.27 bits per heavy atom. The molecule has 4 heteroatoms. The van der Waals surface area contributed by atoms with Crippen LogP contribution in [0.5, 0.6) is 0 Å². The molecule has 0 aromatic heterocycles. The molecule has 0 saturated heterocycles. The van der Waals surface area contributed by atoms with Crippen LogP contribution in [0, 0.1) is 0 Å². The van der Waals surface area contributed by atoms with E-state index in [9.17, 15) is 0 Å². The van der Waals surface area contributed by atoms with Gasteiger partial charge in [-0.3, -0.25) is 0 Å². The van der Waals surface area contributed by atoms with Crippen molar-refractivity contribution in [2.45, 2.75) is 25.4 Å². The van der Waals surface area contributed by atoms with E-state index in [-0.39, 0.29) is 0 Å². The summed E-state index contributed by atoms with van der Waals surface area (Å²) in [7, 11) is 0. The summed E-state index contributed by atoms with van der Waals surface area (Å²) < 4.78 is 18.4. The minimum atomic E-state index is -2.97. The maximum absolute atomic E-state index is 5.48. The van der Waals surface area contributed by atoms with E-state index in [1.54, 1.807) is 0 Å². The van der Waals surface area contributed by atoms with Crippen molar-refractivity contribution in [1.82, 2.24) is 0 Å². The number of hydrogen-bond acceptors (Lipinski definition) is 3. The Labute approximate surface area is 75.3 Å². The predicted octanol–water partition coefficient (Wildman–Crippen LogP) is 2.04. The molecule has 0 N–H and O–H groups in total. The molecule has 0 aromatic rings. The Morgan fingerprint density at radius 1 is 0.818 bits per heavy atom. The molecule has 0 bridgehead atoms. The van der Waals surface area contributed by atoms with Crippen molar-refractivity contribution in [3.05, 3.63) is 0 Å². The maximum atomic E-state index is 5.48. The second-order valence-electron chi connectivity index (χ2n) is 2.16. The van der Waals surface area contributed by atoms with Gasteiger partial charge in [-0.2, -0.15) is 0 Å². The van der Waals surface area contributed by atoms with Crippen LogP contribution in [0.15, 0.2) is 0 Å². The molecule has 0 spiro atoms. The van der Waals surface area contributed by atoms with Crippen LogP contribution < -0.4 is 0 Å². The Morgan fingerprint density at radius 2 is 1.09 bits per heavy atom. The summed E-state index contributed by atoms with van der Waals surface area (Å²) in [5, 5.41) is 0. The normalized spacial score (nSPS) is 12.0. The summed E-state index contributed by atoms with van der Waals surface area (Å²) in [5.41, 5.74) is 0. The van der Waals surface area contributed by atoms with E-state index in [0.717, 1.165) is 0 Å². The van der Waals surface area contributed by atoms with E-state index in [2.05, 4.69) is 0 Å². The van der Waals surface area contributed by atoms with E-state index in [1.165, 1.54) is 0 Å². The van der Waals surface area contributed by atoms with E-state index in [4.69, 9.17) is 8.44 Å². The summed E-state index contributed by atoms with van der Waals surface area (Å²) in [6.07, 6.45) is 0. The topological polar surface area (TPSA) is 27.7 Å². The summed E-state index contributed by atoms with van der Waals surface area (Å²) in [4.78, 5) is 0. The van der Waals surface area contributed by atoms with Crippen molar-refractivity contribution >= 4 is 0 Å². The quantitative estimate of drug-likeness (QED) is 0.712. The van der Waals surface area contributed by atoms with Crippen LogP contribution in [0.2, 0.25) is 4.63 Å². The molecule has 68 valence electrons. The molecule has 0 aliphatic rings. The van der Waals surface area contributed by atoms with Crippen molar-refractivity contribution in [3.63, 3.8) is 0 Å². The van der Waals surface area contributed by atoms with Gasteiger partial charge in [0, 0.05) is 0 Å². The minimum absolute atomic E-state index is 0.687. The summed E-state index contributed by atoms with van der Waals surface area (Å²) >= 11 is -2.97. The zero-order valence-electron chi connectivity index (χ0n) is 7.85. The van der Waals surface area contributed by atoms with Crippen molar-refractivity contribution in [3.8, 4) is 0 Å². The van der Waals surface area contributed by atoms with Gasteiger partial charge in [-0.05, 0) is 0 Å². The molecule has 0 amide bonds. The molecular weight excluding hydrogens is 223 g/mol. The monoisotopic (exact) mass is 240 g/mol. The first-order valence-electron chi connectivity index (χ1n) is 4.10. The Bertz CT molecular complexity index is 80.7. The zero-order valence-corrected chi connectivity index (χ0v) is 10.3. The Balaban J connectivity index is 3.79. The van der Waals surface area contributed by atoms with Gasteiger partial charge < -0.3 is 0 Å². The van der Waals surface area contributed by atoms with Crippen LogP contribution in [0.1, 0.15) is 20.8 Å². The molecule has 0 radical (unpaired) electrons. The second-order valence-corrected chi connectivity index (χ2v) is 8.53. The van der Waals surface area contributed by atoms with Crippen LogP contribution in [0.25, 0.3) is 0 Å². The predicted molar refractivity (Wildman–Crippen MR) is 40.7 cm³/mol. The van der Waals surface area contributed by atoms with Crippen molar-refractivity contribution in [2.24, 2.45) is 0 Å². The molecule has 0 saturated carbocycles. The van der Waals surface area contributed by atoms with Gasteiger partial charge >= 0.3 is 75.3 Å². The second kappa shape index (κ2) is 6.30. The fourth-order valence-corrected chi connectivity index (χ4v) is 5.39. The van der Waals surface area contributed by atoms with E-state index in [1.807, 2.05) is 25.4 Å². The van der Waals surface area contributed by atoms with Gasteiger partial charge in [0.1, 0.15) is 0 Å². The third kappa shape index (κ3) is 5.07. The van der Waals surface area contributed by atoms with Gasteiger partial charge in [0.05, 0.1) is 0 Å². The van der Waals surface area contributed by atoms with Crippen LogP contribution >= 0.6 is 0 Å². The van der Waals surface area contributed by atoms with Crippen molar-refractivity contribution in [2.75, 3.05) is 19.8 Å². The third-order valence-electron chi connectivity index (χ3n) is 1.22. The average molecular weight is 241 g/mol. The fourth-order valence-electron chi connectivity index (χ4n) is 0.912. The van der Waals surface area contributed by atoms with E-state index in [0.29, 0.717) is 19.8 Å². The summed E-state index contributed by atoms with van der Waals surface area (Å²) in [6.45, 7) is 7.96. The van der Waals surface area contributed by atoms with Gasteiger partial charge in [-0.15, -0.1) is 0 Å². The van der Waals surface area contributed by atoms with Crippen molar-refractivity contribution in [1.29, 1.82) is 0 Å². The Kier molecular flexibility index (Phi) is 6.73. The SMILES string of the molecule is CC[O][Zr]([CH3])([O]CC)[O]CC. The molecule has 3 nitrogen and oxygen atoms in total. The van der Waals surface area contributed by atoms with Crippen LogP contribution in [0.4, 0.5) is 0 Å². The fraction of sp³-hybridized carbons (Fsp3) is 1.00. The molecule has 0 rings (SSSR count). The van der Waals surface area contributed by atoms with Crippen LogP contribution in [0.3, 0.4) is 0 Å². The molecule has 0 unspecified atom stereocenters. The molecule has 0 heterocycles. The van der Waals surface area contributed by atoms with Crippen LogP contribution in [-0.4, -0.2) is 19.8 Å². The first-order chi connectivity index (χ1) is 5.18. The van der Waals surface area contributed by atoms with Gasteiger partial charge in [-0.1, -0.05) is 0 Å². The standard InChI is InChI=1S/3C2H5O.CH3.Zr/c3*1-2-3;;/h3*2H2,1H3;1H3;/q3*-1;;+3. The van der Waals surface area contributed by atoms with Gasteiger partial charge in [0.25, 0.3) is 0 Å². The van der Waals surface area contributed by atoms with Crippen molar-refractivity contribution < 1.29 is 30.0 Å². The molecule has 11 heavy (non-hydrogen) atoms. The summed E-state index contributed by atoms with van der Waals surface area (Å²) in [5.74, 6) is 0. The van der Waals surface area contributed by atoms with Gasteiger partial charge in [0.15, 0.2) is 0 Å². The first kappa shape index (κ1) is 11.8. The molecule has 0 aromatic carbocycles. The number of rotatable bonds is 6. The summed E-state index contributed by atoms with van der Waals surface area (Å²) in [6, 6.07) is 0.